The average Bonchev–Trinajstić information content (AvgIpc) is 3.82. The van der Waals surface area contributed by atoms with Gasteiger partial charge in [0.15, 0.2) is 5.83 Å². The molecule has 1 saturated carbocycles. The zero-order chi connectivity index (χ0) is 28.8. The van der Waals surface area contributed by atoms with E-state index >= 15 is 4.39 Å². The normalized spacial score (nSPS) is 18.1. The van der Waals surface area contributed by atoms with Crippen LogP contribution in [-0.4, -0.2) is 30.3 Å². The Balaban J connectivity index is 1.55. The number of aromatic nitrogens is 1. The van der Waals surface area contributed by atoms with Crippen molar-refractivity contribution in [3.8, 4) is 6.07 Å². The molecule has 2 aromatic rings. The maximum atomic E-state index is 15.7. The summed E-state index contributed by atoms with van der Waals surface area (Å²) in [6, 6.07) is 11.1. The summed E-state index contributed by atoms with van der Waals surface area (Å²) in [6.07, 6.45) is 7.90. The maximum Gasteiger partial charge on any atom is 0.251 e. The van der Waals surface area contributed by atoms with Crippen LogP contribution >= 0.6 is 0 Å². The number of hydrogen-bond donors (Lipinski definition) is 1. The Morgan fingerprint density at radius 3 is 2.73 bits per heavy atom. The van der Waals surface area contributed by atoms with Crippen LogP contribution in [0.5, 0.6) is 0 Å². The van der Waals surface area contributed by atoms with Gasteiger partial charge in [0.2, 0.25) is 0 Å². The van der Waals surface area contributed by atoms with Gasteiger partial charge in [0, 0.05) is 35.7 Å². The van der Waals surface area contributed by atoms with E-state index in [2.05, 4.69) is 34.9 Å². The number of allylic oxidation sites excluding steroid dienone is 3. The van der Waals surface area contributed by atoms with Gasteiger partial charge in [-0.3, -0.25) is 9.79 Å². The number of pyridine rings is 1. The van der Waals surface area contributed by atoms with E-state index < -0.39 is 11.7 Å². The standard InChI is InChI=1S/C33H35FN4O2/c1-6-23-11-12-30(29(20(2)3)17-36-15-21(4)24-7-8-24)38-32(23)31(34)22(5)16-37-33(39)25-9-10-26-18-40-19-27(14-35)28(26)13-25/h6,9-13,15,17,24,27H,5,7-8,16,18-19H2,1-4H3,(H,37,39)/b21-15+,23-6-,32-31-,36-17?. The van der Waals surface area contributed by atoms with E-state index in [1.165, 1.54) is 18.4 Å². The summed E-state index contributed by atoms with van der Waals surface area (Å²) in [5, 5.41) is 13.0. The molecule has 206 valence electrons. The van der Waals surface area contributed by atoms with Crippen molar-refractivity contribution in [3.05, 3.63) is 92.8 Å². The van der Waals surface area contributed by atoms with Gasteiger partial charge in [0.05, 0.1) is 30.9 Å². The van der Waals surface area contributed by atoms with Crippen LogP contribution in [0.2, 0.25) is 0 Å². The predicted octanol–water partition coefficient (Wildman–Crippen LogP) is 5.26. The topological polar surface area (TPSA) is 87.4 Å². The summed E-state index contributed by atoms with van der Waals surface area (Å²) in [4.78, 5) is 22.0. The highest BCUT2D eigenvalue weighted by Crippen LogP contribution is 2.36. The average molecular weight is 539 g/mol. The minimum absolute atomic E-state index is 0.0935. The van der Waals surface area contributed by atoms with Crippen molar-refractivity contribution in [3.63, 3.8) is 0 Å². The molecular formula is C33H35FN4O2. The molecule has 2 aliphatic rings. The molecule has 1 N–H and O–H groups in total. The number of nitrogens with zero attached hydrogens (tertiary/aromatic N) is 3. The molecule has 1 aromatic carbocycles. The van der Waals surface area contributed by atoms with Crippen LogP contribution in [0.4, 0.5) is 4.39 Å². The van der Waals surface area contributed by atoms with Gasteiger partial charge in [-0.15, -0.1) is 0 Å². The molecule has 6 nitrogen and oxygen atoms in total. The van der Waals surface area contributed by atoms with Crippen molar-refractivity contribution in [1.82, 2.24) is 10.3 Å². The smallest absolute Gasteiger partial charge is 0.251 e. The third-order valence-electron chi connectivity index (χ3n) is 7.22. The van der Waals surface area contributed by atoms with Crippen LogP contribution in [-0.2, 0) is 11.3 Å². The molecule has 2 heterocycles. The van der Waals surface area contributed by atoms with E-state index in [9.17, 15) is 10.1 Å². The minimum Gasteiger partial charge on any atom is -0.375 e. The van der Waals surface area contributed by atoms with E-state index in [-0.39, 0.29) is 23.4 Å². The number of halogens is 1. The fourth-order valence-corrected chi connectivity index (χ4v) is 4.56. The lowest BCUT2D eigenvalue weighted by molar-refractivity contribution is 0.0952. The first kappa shape index (κ1) is 28.8. The lowest BCUT2D eigenvalue weighted by atomic mass is 9.92. The Morgan fingerprint density at radius 1 is 1.27 bits per heavy atom. The number of rotatable bonds is 8. The highest BCUT2D eigenvalue weighted by molar-refractivity contribution is 6.10. The van der Waals surface area contributed by atoms with Crippen LogP contribution in [0.1, 0.15) is 73.6 Å². The summed E-state index contributed by atoms with van der Waals surface area (Å²) in [6.45, 7) is 12.4. The Kier molecular flexibility index (Phi) is 9.23. The van der Waals surface area contributed by atoms with Gasteiger partial charge in [-0.2, -0.15) is 5.26 Å². The second kappa shape index (κ2) is 12.8. The van der Waals surface area contributed by atoms with Gasteiger partial charge in [0.1, 0.15) is 5.35 Å². The number of carbonyl (C=O) groups excluding carboxylic acids is 1. The van der Waals surface area contributed by atoms with Crippen molar-refractivity contribution in [1.29, 1.82) is 5.26 Å². The number of carbonyl (C=O) groups is 1. The molecule has 1 unspecified atom stereocenters. The third kappa shape index (κ3) is 6.70. The molecule has 0 saturated heterocycles. The number of aliphatic imine (C=N–C) groups is 1. The van der Waals surface area contributed by atoms with Gasteiger partial charge < -0.3 is 10.1 Å². The van der Waals surface area contributed by atoms with Gasteiger partial charge in [-0.05, 0) is 81.0 Å². The molecule has 1 atom stereocenters. The SMILES string of the molecule is C=C(CNC(=O)c1ccc2c(c1)C(C#N)COC2)/C(F)=c1/nc(C(C=N/C=C(\C)C2CC2)=C(C)C)cc/c1=C/C. The number of fused-ring (bicyclic) bond motifs is 1. The fraction of sp³-hybridized carbons (Fsp3) is 0.333. The van der Waals surface area contributed by atoms with E-state index in [1.54, 1.807) is 30.5 Å². The number of benzene rings is 1. The Hall–Kier alpha value is -4.15. The molecule has 1 amide bonds. The lowest BCUT2D eigenvalue weighted by Gasteiger charge is -2.21. The predicted molar refractivity (Wildman–Crippen MR) is 157 cm³/mol. The first-order chi connectivity index (χ1) is 19.2. The number of nitrogens with one attached hydrogen (secondary N) is 1. The molecule has 0 radical (unpaired) electrons. The monoisotopic (exact) mass is 538 g/mol. The molecule has 0 spiro atoms. The summed E-state index contributed by atoms with van der Waals surface area (Å²) in [5.41, 5.74) is 5.90. The first-order valence-corrected chi connectivity index (χ1v) is 13.5. The molecule has 1 fully saturated rings. The molecule has 1 aliphatic heterocycles. The van der Waals surface area contributed by atoms with Crippen LogP contribution in [0.25, 0.3) is 17.5 Å². The molecule has 1 aromatic heterocycles. The van der Waals surface area contributed by atoms with Crippen LogP contribution in [0.15, 0.2) is 64.8 Å². The van der Waals surface area contributed by atoms with Crippen molar-refractivity contribution in [2.24, 2.45) is 10.9 Å². The number of nitriles is 1. The molecule has 4 rings (SSSR count). The van der Waals surface area contributed by atoms with Crippen molar-refractivity contribution < 1.29 is 13.9 Å². The zero-order valence-corrected chi connectivity index (χ0v) is 23.6. The Morgan fingerprint density at radius 2 is 2.05 bits per heavy atom. The number of amides is 1. The van der Waals surface area contributed by atoms with Crippen LogP contribution < -0.4 is 15.9 Å². The first-order valence-electron chi connectivity index (χ1n) is 13.5. The highest BCUT2D eigenvalue weighted by Gasteiger charge is 2.23. The molecule has 40 heavy (non-hydrogen) atoms. The lowest BCUT2D eigenvalue weighted by Crippen LogP contribution is -2.33. The molecular weight excluding hydrogens is 503 g/mol. The van der Waals surface area contributed by atoms with Crippen molar-refractivity contribution in [2.75, 3.05) is 13.2 Å². The summed E-state index contributed by atoms with van der Waals surface area (Å²) in [5.74, 6) is -0.741. The summed E-state index contributed by atoms with van der Waals surface area (Å²) >= 11 is 0. The maximum absolute atomic E-state index is 15.7. The van der Waals surface area contributed by atoms with Gasteiger partial charge in [-0.1, -0.05) is 35.9 Å². The second-order valence-corrected chi connectivity index (χ2v) is 10.5. The summed E-state index contributed by atoms with van der Waals surface area (Å²) in [7, 11) is 0. The molecule has 1 aliphatic carbocycles. The number of ether oxygens (including phenoxy) is 1. The van der Waals surface area contributed by atoms with Gasteiger partial charge in [0.25, 0.3) is 5.91 Å². The second-order valence-electron chi connectivity index (χ2n) is 10.5. The molecule has 7 heteroatoms. The Labute approximate surface area is 235 Å². The van der Waals surface area contributed by atoms with Gasteiger partial charge in [-0.25, -0.2) is 9.37 Å². The fourth-order valence-electron chi connectivity index (χ4n) is 4.56. The van der Waals surface area contributed by atoms with E-state index in [0.717, 1.165) is 22.3 Å². The van der Waals surface area contributed by atoms with E-state index in [0.29, 0.717) is 35.6 Å². The highest BCUT2D eigenvalue weighted by atomic mass is 19.1. The van der Waals surface area contributed by atoms with E-state index in [1.807, 2.05) is 39.1 Å². The van der Waals surface area contributed by atoms with Crippen LogP contribution in [0, 0.1) is 17.2 Å². The van der Waals surface area contributed by atoms with Crippen molar-refractivity contribution >= 4 is 29.6 Å². The van der Waals surface area contributed by atoms with Crippen molar-refractivity contribution in [2.45, 2.75) is 53.1 Å². The Bertz CT molecular complexity index is 1580. The molecule has 0 bridgehead atoms. The minimum atomic E-state index is -0.586. The zero-order valence-electron chi connectivity index (χ0n) is 23.6. The quantitative estimate of drug-likeness (QED) is 0.465. The summed E-state index contributed by atoms with van der Waals surface area (Å²) < 4.78 is 21.2. The largest absolute Gasteiger partial charge is 0.375 e. The van der Waals surface area contributed by atoms with E-state index in [4.69, 9.17) is 4.74 Å². The number of hydrogen-bond acceptors (Lipinski definition) is 5. The van der Waals surface area contributed by atoms with Gasteiger partial charge >= 0.3 is 0 Å². The third-order valence-corrected chi connectivity index (χ3v) is 7.22. The van der Waals surface area contributed by atoms with Crippen LogP contribution in [0.3, 0.4) is 0 Å².